The number of nitrogens with zero attached hydrogens (tertiary/aromatic N) is 4. The van der Waals surface area contributed by atoms with E-state index in [0.29, 0.717) is 6.54 Å². The first-order valence-corrected chi connectivity index (χ1v) is 10.1. The van der Waals surface area contributed by atoms with Gasteiger partial charge in [-0.3, -0.25) is 0 Å². The van der Waals surface area contributed by atoms with E-state index < -0.39 is 10.0 Å². The summed E-state index contributed by atoms with van der Waals surface area (Å²) in [6.07, 6.45) is 5.88. The van der Waals surface area contributed by atoms with Crippen LogP contribution in [0.3, 0.4) is 0 Å². The molecule has 0 aliphatic carbocycles. The summed E-state index contributed by atoms with van der Waals surface area (Å²) < 4.78 is 29.4. The number of sulfonamides is 1. The molecule has 0 N–H and O–H groups in total. The average Bonchev–Trinajstić information content (AvgIpc) is 3.02. The molecule has 136 valence electrons. The van der Waals surface area contributed by atoms with Crippen LogP contribution in [0.5, 0.6) is 0 Å². The Morgan fingerprint density at radius 3 is 2.52 bits per heavy atom. The van der Waals surface area contributed by atoms with Crippen molar-refractivity contribution >= 4 is 10.0 Å². The van der Waals surface area contributed by atoms with Gasteiger partial charge in [0.15, 0.2) is 5.03 Å². The maximum absolute atomic E-state index is 13.0. The topological polar surface area (TPSA) is 58.4 Å². The molecule has 1 aromatic carbocycles. The molecule has 2 heterocycles. The van der Waals surface area contributed by atoms with Crippen molar-refractivity contribution in [3.63, 3.8) is 0 Å². The first kappa shape index (κ1) is 18.1. The molecule has 0 amide bonds. The van der Waals surface area contributed by atoms with Crippen molar-refractivity contribution in [2.75, 3.05) is 20.6 Å². The van der Waals surface area contributed by atoms with Crippen molar-refractivity contribution < 1.29 is 8.42 Å². The Balaban J connectivity index is 1.88. The first-order chi connectivity index (χ1) is 11.9. The number of hydrogen-bond acceptors (Lipinski definition) is 4. The van der Waals surface area contributed by atoms with Crippen molar-refractivity contribution in [2.24, 2.45) is 7.05 Å². The molecule has 1 unspecified atom stereocenters. The van der Waals surface area contributed by atoms with Crippen molar-refractivity contribution in [3.05, 3.63) is 47.9 Å². The van der Waals surface area contributed by atoms with E-state index in [1.807, 2.05) is 14.1 Å². The minimum atomic E-state index is -3.57. The van der Waals surface area contributed by atoms with Crippen LogP contribution in [0.15, 0.2) is 41.8 Å². The molecule has 0 radical (unpaired) electrons. The van der Waals surface area contributed by atoms with Gasteiger partial charge in [0.2, 0.25) is 0 Å². The van der Waals surface area contributed by atoms with Crippen LogP contribution in [0.4, 0.5) is 0 Å². The van der Waals surface area contributed by atoms with Gasteiger partial charge in [-0.15, -0.1) is 0 Å². The maximum atomic E-state index is 13.0. The summed E-state index contributed by atoms with van der Waals surface area (Å²) >= 11 is 0. The monoisotopic (exact) mass is 362 g/mol. The van der Waals surface area contributed by atoms with Gasteiger partial charge in [0.25, 0.3) is 10.0 Å². The summed E-state index contributed by atoms with van der Waals surface area (Å²) in [7, 11) is 2.28. The van der Waals surface area contributed by atoms with Gasteiger partial charge in [0.1, 0.15) is 0 Å². The highest BCUT2D eigenvalue weighted by atomic mass is 32.2. The largest absolute Gasteiger partial charge is 0.339 e. The van der Waals surface area contributed by atoms with Gasteiger partial charge in [-0.1, -0.05) is 30.7 Å². The van der Waals surface area contributed by atoms with E-state index in [1.54, 1.807) is 22.1 Å². The Labute approximate surface area is 150 Å². The fraction of sp³-hybridized carbons (Fsp3) is 0.500. The number of hydrogen-bond donors (Lipinski definition) is 0. The average molecular weight is 362 g/mol. The Morgan fingerprint density at radius 1 is 1.20 bits per heavy atom. The normalized spacial score (nSPS) is 19.4. The van der Waals surface area contributed by atoms with Gasteiger partial charge in [-0.2, -0.15) is 4.31 Å². The molecule has 1 aliphatic heterocycles. The highest BCUT2D eigenvalue weighted by Gasteiger charge is 2.35. The Hall–Kier alpha value is -1.70. The minimum Gasteiger partial charge on any atom is -0.339 e. The van der Waals surface area contributed by atoms with E-state index in [9.17, 15) is 8.42 Å². The molecule has 1 atom stereocenters. The summed E-state index contributed by atoms with van der Waals surface area (Å²) in [5, 5.41) is 0.131. The van der Waals surface area contributed by atoms with Crippen molar-refractivity contribution in [3.8, 4) is 0 Å². The number of piperidine rings is 1. The smallest absolute Gasteiger partial charge is 0.262 e. The van der Waals surface area contributed by atoms with Gasteiger partial charge in [0, 0.05) is 26.3 Å². The van der Waals surface area contributed by atoms with Crippen LogP contribution < -0.4 is 0 Å². The molecule has 1 aromatic heterocycles. The SMILES string of the molecule is CN(C)Cc1ccc(C2CCCCN2S(=O)(=O)c2cn(C)cn2)cc1. The quantitative estimate of drug-likeness (QED) is 0.819. The number of imidazole rings is 1. The van der Waals surface area contributed by atoms with Gasteiger partial charge in [-0.25, -0.2) is 13.4 Å². The van der Waals surface area contributed by atoms with E-state index in [2.05, 4.69) is 34.1 Å². The highest BCUT2D eigenvalue weighted by molar-refractivity contribution is 7.89. The van der Waals surface area contributed by atoms with Crippen molar-refractivity contribution in [2.45, 2.75) is 36.9 Å². The summed E-state index contributed by atoms with van der Waals surface area (Å²) in [5.74, 6) is 0. The first-order valence-electron chi connectivity index (χ1n) is 8.61. The third kappa shape index (κ3) is 3.94. The summed E-state index contributed by atoms with van der Waals surface area (Å²) in [6, 6.07) is 8.20. The second-order valence-corrected chi connectivity index (χ2v) is 8.82. The number of aromatic nitrogens is 2. The lowest BCUT2D eigenvalue weighted by Crippen LogP contribution is -2.38. The van der Waals surface area contributed by atoms with Gasteiger partial charge >= 0.3 is 0 Å². The van der Waals surface area contributed by atoms with Crippen LogP contribution >= 0.6 is 0 Å². The molecule has 0 spiro atoms. The molecule has 2 aromatic rings. The second-order valence-electron chi connectivity index (χ2n) is 6.98. The van der Waals surface area contributed by atoms with Crippen molar-refractivity contribution in [1.82, 2.24) is 18.8 Å². The predicted molar refractivity (Wildman–Crippen MR) is 97.5 cm³/mol. The molecule has 25 heavy (non-hydrogen) atoms. The fourth-order valence-electron chi connectivity index (χ4n) is 3.38. The van der Waals surface area contributed by atoms with Crippen molar-refractivity contribution in [1.29, 1.82) is 0 Å². The van der Waals surface area contributed by atoms with Gasteiger partial charge < -0.3 is 9.47 Å². The fourth-order valence-corrected chi connectivity index (χ4v) is 5.03. The van der Waals surface area contributed by atoms with E-state index >= 15 is 0 Å². The maximum Gasteiger partial charge on any atom is 0.262 e. The van der Waals surface area contributed by atoms with Crippen LogP contribution in [-0.4, -0.2) is 47.8 Å². The lowest BCUT2D eigenvalue weighted by molar-refractivity contribution is 0.255. The zero-order chi connectivity index (χ0) is 18.0. The number of aryl methyl sites for hydroxylation is 1. The van der Waals surface area contributed by atoms with Gasteiger partial charge in [-0.05, 0) is 38.1 Å². The Morgan fingerprint density at radius 2 is 1.92 bits per heavy atom. The molecular formula is C18H26N4O2S. The van der Waals surface area contributed by atoms with E-state index in [1.165, 1.54) is 11.9 Å². The molecule has 1 saturated heterocycles. The number of rotatable bonds is 5. The molecule has 0 saturated carbocycles. The molecular weight excluding hydrogens is 336 g/mol. The van der Waals surface area contributed by atoms with E-state index in [4.69, 9.17) is 0 Å². The zero-order valence-electron chi connectivity index (χ0n) is 15.1. The molecule has 1 fully saturated rings. The summed E-state index contributed by atoms with van der Waals surface area (Å²) in [6.45, 7) is 1.42. The molecule has 3 rings (SSSR count). The predicted octanol–water partition coefficient (Wildman–Crippen LogP) is 2.40. The summed E-state index contributed by atoms with van der Waals surface area (Å²) in [5.41, 5.74) is 2.28. The Bertz CT molecular complexity index is 812. The van der Waals surface area contributed by atoms with Crippen LogP contribution in [0.25, 0.3) is 0 Å². The summed E-state index contributed by atoms with van der Waals surface area (Å²) in [4.78, 5) is 6.18. The van der Waals surface area contributed by atoms with E-state index in [0.717, 1.165) is 31.4 Å². The molecule has 7 heteroatoms. The van der Waals surface area contributed by atoms with Crippen LogP contribution in [0.2, 0.25) is 0 Å². The third-order valence-corrected chi connectivity index (χ3v) is 6.37. The lowest BCUT2D eigenvalue weighted by Gasteiger charge is -2.34. The van der Waals surface area contributed by atoms with Gasteiger partial charge in [0.05, 0.1) is 12.4 Å². The lowest BCUT2D eigenvalue weighted by atomic mass is 9.96. The molecule has 0 bridgehead atoms. The standard InChI is InChI=1S/C18H26N4O2S/c1-20(2)12-15-7-9-16(10-8-15)17-6-4-5-11-22(17)25(23,24)18-13-21(3)14-19-18/h7-10,13-14,17H,4-6,11-12H2,1-3H3. The molecule has 6 nitrogen and oxygen atoms in total. The van der Waals surface area contributed by atoms with Crippen LogP contribution in [-0.2, 0) is 23.6 Å². The zero-order valence-corrected chi connectivity index (χ0v) is 15.9. The van der Waals surface area contributed by atoms with Crippen LogP contribution in [0.1, 0.15) is 36.4 Å². The third-order valence-electron chi connectivity index (χ3n) is 4.57. The molecule has 1 aliphatic rings. The highest BCUT2D eigenvalue weighted by Crippen LogP contribution is 2.35. The number of benzene rings is 1. The minimum absolute atomic E-state index is 0.117. The Kier molecular flexibility index (Phi) is 5.27. The second kappa shape index (κ2) is 7.27. The van der Waals surface area contributed by atoms with Crippen LogP contribution in [0, 0.1) is 0 Å². The van der Waals surface area contributed by atoms with E-state index in [-0.39, 0.29) is 11.1 Å².